The lowest BCUT2D eigenvalue weighted by Crippen LogP contribution is -2.49. The first-order valence-corrected chi connectivity index (χ1v) is 11.6. The van der Waals surface area contributed by atoms with E-state index in [-0.39, 0.29) is 39.5 Å². The quantitative estimate of drug-likeness (QED) is 0.659. The van der Waals surface area contributed by atoms with Gasteiger partial charge in [-0.15, -0.1) is 0 Å². The third-order valence-corrected chi connectivity index (χ3v) is 7.75. The van der Waals surface area contributed by atoms with Crippen LogP contribution in [0.1, 0.15) is 32.6 Å². The Labute approximate surface area is 183 Å². The summed E-state index contributed by atoms with van der Waals surface area (Å²) in [5, 5.41) is 2.79. The molecule has 2 aromatic rings. The van der Waals surface area contributed by atoms with E-state index in [0.29, 0.717) is 18.8 Å². The van der Waals surface area contributed by atoms with Crippen LogP contribution in [0.15, 0.2) is 29.2 Å². The van der Waals surface area contributed by atoms with Gasteiger partial charge in [-0.3, -0.25) is 14.9 Å². The minimum Gasteiger partial charge on any atom is -0.465 e. The SMILES string of the molecule is COC(=O)c1sc(NC(=O)c2cccc(S(=O)(=O)N3CCN(C(C)=O)CC3)c2)nc1C. The molecule has 31 heavy (non-hydrogen) atoms. The number of esters is 1. The number of benzene rings is 1. The van der Waals surface area contributed by atoms with Crippen LogP contribution in [0.2, 0.25) is 0 Å². The minimum atomic E-state index is -3.82. The van der Waals surface area contributed by atoms with Crippen molar-refractivity contribution in [2.45, 2.75) is 18.7 Å². The molecule has 0 spiro atoms. The highest BCUT2D eigenvalue weighted by molar-refractivity contribution is 7.89. The Hall–Kier alpha value is -2.83. The molecular formula is C19H22N4O6S2. The molecule has 1 saturated heterocycles. The van der Waals surface area contributed by atoms with Crippen molar-refractivity contribution in [3.05, 3.63) is 40.4 Å². The number of sulfonamides is 1. The highest BCUT2D eigenvalue weighted by Gasteiger charge is 2.29. The number of amides is 2. The van der Waals surface area contributed by atoms with Crippen molar-refractivity contribution in [2.75, 3.05) is 38.6 Å². The largest absolute Gasteiger partial charge is 0.465 e. The van der Waals surface area contributed by atoms with Crippen LogP contribution in [-0.4, -0.2) is 73.7 Å². The molecule has 10 nitrogen and oxygen atoms in total. The summed E-state index contributed by atoms with van der Waals surface area (Å²) in [7, 11) is -2.56. The molecule has 166 valence electrons. The summed E-state index contributed by atoms with van der Waals surface area (Å²) in [6.07, 6.45) is 0. The lowest BCUT2D eigenvalue weighted by Gasteiger charge is -2.33. The van der Waals surface area contributed by atoms with Gasteiger partial charge in [0.15, 0.2) is 5.13 Å². The topological polar surface area (TPSA) is 126 Å². The lowest BCUT2D eigenvalue weighted by molar-refractivity contribution is -0.129. The van der Waals surface area contributed by atoms with Crippen LogP contribution in [0.4, 0.5) is 5.13 Å². The first-order chi connectivity index (χ1) is 14.6. The molecule has 1 N–H and O–H groups in total. The second-order valence-electron chi connectivity index (χ2n) is 6.82. The van der Waals surface area contributed by atoms with E-state index in [0.717, 1.165) is 11.3 Å². The molecule has 12 heteroatoms. The highest BCUT2D eigenvalue weighted by atomic mass is 32.2. The van der Waals surface area contributed by atoms with Crippen molar-refractivity contribution < 1.29 is 27.5 Å². The molecule has 0 atom stereocenters. The molecule has 2 amide bonds. The van der Waals surface area contributed by atoms with E-state index in [1.165, 1.54) is 42.6 Å². The molecule has 1 aliphatic rings. The number of piperazine rings is 1. The average molecular weight is 467 g/mol. The number of methoxy groups -OCH3 is 1. The Bertz CT molecular complexity index is 1120. The molecule has 1 aliphatic heterocycles. The fourth-order valence-electron chi connectivity index (χ4n) is 3.09. The minimum absolute atomic E-state index is 0.0120. The van der Waals surface area contributed by atoms with Gasteiger partial charge in [0.1, 0.15) is 4.88 Å². The zero-order valence-electron chi connectivity index (χ0n) is 17.2. The number of rotatable bonds is 5. The van der Waals surface area contributed by atoms with E-state index in [2.05, 4.69) is 15.0 Å². The van der Waals surface area contributed by atoms with Gasteiger partial charge in [-0.25, -0.2) is 18.2 Å². The maximum atomic E-state index is 13.0. The molecule has 0 bridgehead atoms. The molecular weight excluding hydrogens is 444 g/mol. The first-order valence-electron chi connectivity index (χ1n) is 9.36. The van der Waals surface area contributed by atoms with Crippen LogP contribution in [0.25, 0.3) is 0 Å². The maximum Gasteiger partial charge on any atom is 0.350 e. The number of ether oxygens (including phenoxy) is 1. The highest BCUT2D eigenvalue weighted by Crippen LogP contribution is 2.24. The Morgan fingerprint density at radius 2 is 1.84 bits per heavy atom. The second-order valence-corrected chi connectivity index (χ2v) is 9.75. The number of nitrogens with zero attached hydrogens (tertiary/aromatic N) is 3. The third-order valence-electron chi connectivity index (χ3n) is 4.81. The summed E-state index contributed by atoms with van der Waals surface area (Å²) in [6, 6.07) is 5.69. The Morgan fingerprint density at radius 3 is 2.45 bits per heavy atom. The number of carbonyl (C=O) groups excluding carboxylic acids is 3. The van der Waals surface area contributed by atoms with Crippen molar-refractivity contribution in [3.63, 3.8) is 0 Å². The Kier molecular flexibility index (Phi) is 6.72. The lowest BCUT2D eigenvalue weighted by atomic mass is 10.2. The van der Waals surface area contributed by atoms with Crippen molar-refractivity contribution in [1.82, 2.24) is 14.2 Å². The molecule has 1 aromatic carbocycles. The van der Waals surface area contributed by atoms with E-state index in [9.17, 15) is 22.8 Å². The number of carbonyl (C=O) groups is 3. The summed E-state index contributed by atoms with van der Waals surface area (Å²) < 4.78 is 31.9. The summed E-state index contributed by atoms with van der Waals surface area (Å²) in [4.78, 5) is 41.8. The Balaban J connectivity index is 1.76. The number of thiazole rings is 1. The molecule has 0 saturated carbocycles. The Morgan fingerprint density at radius 1 is 1.16 bits per heavy atom. The number of nitrogens with one attached hydrogen (secondary N) is 1. The molecule has 0 radical (unpaired) electrons. The van der Waals surface area contributed by atoms with Gasteiger partial charge in [0.05, 0.1) is 17.7 Å². The van der Waals surface area contributed by atoms with Gasteiger partial charge in [0.2, 0.25) is 15.9 Å². The maximum absolute atomic E-state index is 13.0. The third kappa shape index (κ3) is 4.92. The number of aromatic nitrogens is 1. The van der Waals surface area contributed by atoms with Gasteiger partial charge in [0, 0.05) is 38.7 Å². The van der Waals surface area contributed by atoms with Crippen LogP contribution >= 0.6 is 11.3 Å². The average Bonchev–Trinajstić information content (AvgIpc) is 3.13. The molecule has 3 rings (SSSR count). The van der Waals surface area contributed by atoms with Crippen molar-refractivity contribution in [3.8, 4) is 0 Å². The molecule has 1 aromatic heterocycles. The van der Waals surface area contributed by atoms with Gasteiger partial charge in [-0.1, -0.05) is 17.4 Å². The standard InChI is InChI=1S/C19H22N4O6S2/c1-12-16(18(26)29-3)30-19(20-12)21-17(25)14-5-4-6-15(11-14)31(27,28)23-9-7-22(8-10-23)13(2)24/h4-6,11H,7-10H2,1-3H3,(H,20,21,25). The summed E-state index contributed by atoms with van der Waals surface area (Å²) in [5.74, 6) is -1.19. The van der Waals surface area contributed by atoms with E-state index in [1.54, 1.807) is 11.8 Å². The molecule has 0 aliphatic carbocycles. The van der Waals surface area contributed by atoms with Gasteiger partial charge in [-0.05, 0) is 25.1 Å². The van der Waals surface area contributed by atoms with Gasteiger partial charge in [-0.2, -0.15) is 4.31 Å². The molecule has 2 heterocycles. The van der Waals surface area contributed by atoms with Crippen LogP contribution in [-0.2, 0) is 19.6 Å². The van der Waals surface area contributed by atoms with E-state index < -0.39 is 21.9 Å². The zero-order valence-corrected chi connectivity index (χ0v) is 18.9. The van der Waals surface area contributed by atoms with Crippen LogP contribution < -0.4 is 5.32 Å². The van der Waals surface area contributed by atoms with Gasteiger partial charge in [0.25, 0.3) is 5.91 Å². The summed E-state index contributed by atoms with van der Waals surface area (Å²) in [6.45, 7) is 4.09. The number of aryl methyl sites for hydroxylation is 1. The van der Waals surface area contributed by atoms with Crippen LogP contribution in [0.5, 0.6) is 0 Å². The van der Waals surface area contributed by atoms with E-state index in [1.807, 2.05) is 0 Å². The van der Waals surface area contributed by atoms with Crippen LogP contribution in [0.3, 0.4) is 0 Å². The normalized spacial score (nSPS) is 14.9. The first kappa shape index (κ1) is 22.8. The van der Waals surface area contributed by atoms with Crippen molar-refractivity contribution in [2.24, 2.45) is 0 Å². The monoisotopic (exact) mass is 466 g/mol. The summed E-state index contributed by atoms with van der Waals surface area (Å²) in [5.41, 5.74) is 0.559. The second kappa shape index (κ2) is 9.12. The van der Waals surface area contributed by atoms with Crippen LogP contribution in [0, 0.1) is 6.92 Å². The van der Waals surface area contributed by atoms with E-state index in [4.69, 9.17) is 0 Å². The molecule has 0 unspecified atom stereocenters. The number of hydrogen-bond donors (Lipinski definition) is 1. The number of hydrogen-bond acceptors (Lipinski definition) is 8. The predicted molar refractivity (Wildman–Crippen MR) is 114 cm³/mol. The van der Waals surface area contributed by atoms with Gasteiger partial charge < -0.3 is 9.64 Å². The van der Waals surface area contributed by atoms with Crippen molar-refractivity contribution >= 4 is 44.3 Å². The molecule has 1 fully saturated rings. The summed E-state index contributed by atoms with van der Waals surface area (Å²) >= 11 is 0.974. The smallest absolute Gasteiger partial charge is 0.350 e. The fraction of sp³-hybridized carbons (Fsp3) is 0.368. The fourth-order valence-corrected chi connectivity index (χ4v) is 5.44. The van der Waals surface area contributed by atoms with Crippen molar-refractivity contribution in [1.29, 1.82) is 0 Å². The van der Waals surface area contributed by atoms with E-state index >= 15 is 0 Å². The zero-order chi connectivity index (χ0) is 22.8. The number of anilines is 1. The predicted octanol–water partition coefficient (Wildman–Crippen LogP) is 1.34. The van der Waals surface area contributed by atoms with Gasteiger partial charge >= 0.3 is 5.97 Å².